The topological polar surface area (TPSA) is 122 Å². The van der Waals surface area contributed by atoms with Crippen molar-refractivity contribution in [2.75, 3.05) is 10.8 Å². The van der Waals surface area contributed by atoms with E-state index in [1.165, 1.54) is 36.4 Å². The van der Waals surface area contributed by atoms with Crippen LogP contribution in [0.1, 0.15) is 12.5 Å². The van der Waals surface area contributed by atoms with Crippen molar-refractivity contribution >= 4 is 44.6 Å². The molecule has 11 heteroatoms. The van der Waals surface area contributed by atoms with Crippen LogP contribution in [0.15, 0.2) is 88.9 Å². The van der Waals surface area contributed by atoms with Gasteiger partial charge in [-0.15, -0.1) is 0 Å². The molecule has 3 aromatic carbocycles. The largest absolute Gasteiger partial charge is 0.271 e. The summed E-state index contributed by atoms with van der Waals surface area (Å²) < 4.78 is 27.4. The molecule has 0 bridgehead atoms. The SMILES string of the molecule is C/C(=N/NC(=O)CN(c1ccc([N+](=O)[O-])cc1)S(=O)(=O)c1ccccc1)c1ccc(Cl)cc1. The third-order valence-corrected chi connectivity index (χ3v) is 6.62. The van der Waals surface area contributed by atoms with Gasteiger partial charge in [0.05, 0.1) is 21.2 Å². The highest BCUT2D eigenvalue weighted by atomic mass is 35.5. The number of amides is 1. The van der Waals surface area contributed by atoms with Crippen LogP contribution in [0.3, 0.4) is 0 Å². The van der Waals surface area contributed by atoms with E-state index in [1.54, 1.807) is 49.4 Å². The molecule has 0 spiro atoms. The van der Waals surface area contributed by atoms with E-state index >= 15 is 0 Å². The van der Waals surface area contributed by atoms with Gasteiger partial charge in [0.1, 0.15) is 6.54 Å². The molecule has 170 valence electrons. The van der Waals surface area contributed by atoms with E-state index < -0.39 is 27.4 Å². The molecule has 33 heavy (non-hydrogen) atoms. The molecule has 0 saturated heterocycles. The Hall–Kier alpha value is -3.76. The van der Waals surface area contributed by atoms with Gasteiger partial charge in [0.15, 0.2) is 0 Å². The van der Waals surface area contributed by atoms with Gasteiger partial charge in [-0.1, -0.05) is 41.9 Å². The summed E-state index contributed by atoms with van der Waals surface area (Å²) in [4.78, 5) is 22.9. The van der Waals surface area contributed by atoms with Crippen molar-refractivity contribution in [2.45, 2.75) is 11.8 Å². The number of non-ortho nitro benzene ring substituents is 1. The van der Waals surface area contributed by atoms with Crippen LogP contribution in [0.4, 0.5) is 11.4 Å². The fraction of sp³-hybridized carbons (Fsp3) is 0.0909. The zero-order valence-corrected chi connectivity index (χ0v) is 19.0. The summed E-state index contributed by atoms with van der Waals surface area (Å²) in [5.41, 5.74) is 3.46. The van der Waals surface area contributed by atoms with Gasteiger partial charge in [-0.25, -0.2) is 13.8 Å². The molecule has 0 fully saturated rings. The van der Waals surface area contributed by atoms with Crippen molar-refractivity contribution in [1.29, 1.82) is 0 Å². The number of hydrazone groups is 1. The molecule has 0 aliphatic heterocycles. The number of carbonyl (C=O) groups is 1. The molecule has 3 rings (SSSR count). The quantitative estimate of drug-likeness (QED) is 0.293. The van der Waals surface area contributed by atoms with Gasteiger partial charge in [0.25, 0.3) is 21.6 Å². The lowest BCUT2D eigenvalue weighted by Gasteiger charge is -2.23. The Morgan fingerprint density at radius 1 is 1.03 bits per heavy atom. The van der Waals surface area contributed by atoms with Gasteiger partial charge in [0.2, 0.25) is 0 Å². The Labute approximate surface area is 195 Å². The molecular formula is C22H19ClN4O5S. The van der Waals surface area contributed by atoms with Crippen LogP contribution in [0.5, 0.6) is 0 Å². The molecule has 3 aromatic rings. The maximum Gasteiger partial charge on any atom is 0.269 e. The minimum atomic E-state index is -4.14. The molecule has 1 amide bonds. The van der Waals surface area contributed by atoms with E-state index in [0.717, 1.165) is 9.87 Å². The maximum absolute atomic E-state index is 13.2. The predicted octanol–water partition coefficient (Wildman–Crippen LogP) is 3.98. The van der Waals surface area contributed by atoms with E-state index in [4.69, 9.17) is 11.6 Å². The van der Waals surface area contributed by atoms with Crippen LogP contribution in [0.2, 0.25) is 5.02 Å². The first-order chi connectivity index (χ1) is 15.7. The average Bonchev–Trinajstić information content (AvgIpc) is 2.82. The van der Waals surface area contributed by atoms with Crippen molar-refractivity contribution in [1.82, 2.24) is 5.43 Å². The number of benzene rings is 3. The third kappa shape index (κ3) is 5.93. The highest BCUT2D eigenvalue weighted by Gasteiger charge is 2.27. The van der Waals surface area contributed by atoms with Gasteiger partial charge in [-0.05, 0) is 48.9 Å². The minimum Gasteiger partial charge on any atom is -0.271 e. The second-order valence-electron chi connectivity index (χ2n) is 6.84. The Kier molecular flexibility index (Phi) is 7.41. The molecule has 0 saturated carbocycles. The van der Waals surface area contributed by atoms with Crippen molar-refractivity contribution in [3.8, 4) is 0 Å². The van der Waals surface area contributed by atoms with Crippen LogP contribution in [-0.2, 0) is 14.8 Å². The first-order valence-electron chi connectivity index (χ1n) is 9.60. The lowest BCUT2D eigenvalue weighted by Crippen LogP contribution is -2.39. The van der Waals surface area contributed by atoms with Crippen LogP contribution >= 0.6 is 11.6 Å². The van der Waals surface area contributed by atoms with Gasteiger partial charge in [-0.2, -0.15) is 5.10 Å². The monoisotopic (exact) mass is 486 g/mol. The maximum atomic E-state index is 13.2. The highest BCUT2D eigenvalue weighted by Crippen LogP contribution is 2.25. The van der Waals surface area contributed by atoms with Gasteiger partial charge in [0, 0.05) is 17.2 Å². The smallest absolute Gasteiger partial charge is 0.269 e. The fourth-order valence-corrected chi connectivity index (χ4v) is 4.41. The van der Waals surface area contributed by atoms with E-state index in [2.05, 4.69) is 10.5 Å². The lowest BCUT2D eigenvalue weighted by molar-refractivity contribution is -0.384. The summed E-state index contributed by atoms with van der Waals surface area (Å²) in [7, 11) is -4.14. The molecule has 9 nitrogen and oxygen atoms in total. The second kappa shape index (κ2) is 10.2. The highest BCUT2D eigenvalue weighted by molar-refractivity contribution is 7.92. The van der Waals surface area contributed by atoms with E-state index in [-0.39, 0.29) is 16.3 Å². The number of rotatable bonds is 8. The summed E-state index contributed by atoms with van der Waals surface area (Å²) in [5, 5.41) is 15.5. The first-order valence-corrected chi connectivity index (χ1v) is 11.4. The van der Waals surface area contributed by atoms with Crippen LogP contribution < -0.4 is 9.73 Å². The van der Waals surface area contributed by atoms with Crippen molar-refractivity contribution < 1.29 is 18.1 Å². The van der Waals surface area contributed by atoms with Gasteiger partial charge < -0.3 is 0 Å². The number of sulfonamides is 1. The normalized spacial score (nSPS) is 11.6. The Morgan fingerprint density at radius 2 is 1.64 bits per heavy atom. The van der Waals surface area contributed by atoms with Gasteiger partial charge in [-0.3, -0.25) is 19.2 Å². The van der Waals surface area contributed by atoms with E-state index in [9.17, 15) is 23.3 Å². The zero-order chi connectivity index (χ0) is 24.0. The average molecular weight is 487 g/mol. The number of nitrogens with one attached hydrogen (secondary N) is 1. The number of carbonyl (C=O) groups excluding carboxylic acids is 1. The minimum absolute atomic E-state index is 0.0306. The Bertz CT molecular complexity index is 1280. The Morgan fingerprint density at radius 3 is 2.21 bits per heavy atom. The summed E-state index contributed by atoms with van der Waals surface area (Å²) in [5.74, 6) is -0.693. The lowest BCUT2D eigenvalue weighted by atomic mass is 10.1. The van der Waals surface area contributed by atoms with Gasteiger partial charge >= 0.3 is 0 Å². The molecule has 0 atom stereocenters. The number of hydrogen-bond donors (Lipinski definition) is 1. The van der Waals surface area contributed by atoms with Crippen molar-refractivity contribution in [3.63, 3.8) is 0 Å². The third-order valence-electron chi connectivity index (χ3n) is 4.58. The van der Waals surface area contributed by atoms with E-state index in [1.807, 2.05) is 0 Å². The molecular weight excluding hydrogens is 468 g/mol. The summed E-state index contributed by atoms with van der Waals surface area (Å²) in [6.45, 7) is 1.09. The molecule has 0 aromatic heterocycles. The number of hydrogen-bond acceptors (Lipinski definition) is 6. The summed E-state index contributed by atoms with van der Waals surface area (Å²) in [6, 6.07) is 19.3. The Balaban J connectivity index is 1.87. The van der Waals surface area contributed by atoms with E-state index in [0.29, 0.717) is 10.7 Å². The van der Waals surface area contributed by atoms with Crippen LogP contribution in [0, 0.1) is 10.1 Å². The number of nitro benzene ring substituents is 1. The predicted molar refractivity (Wildman–Crippen MR) is 126 cm³/mol. The fourth-order valence-electron chi connectivity index (χ4n) is 2.84. The summed E-state index contributed by atoms with van der Waals surface area (Å²) >= 11 is 5.87. The molecule has 0 aliphatic carbocycles. The number of nitrogens with zero attached hydrogens (tertiary/aromatic N) is 3. The van der Waals surface area contributed by atoms with Crippen LogP contribution in [0.25, 0.3) is 0 Å². The zero-order valence-electron chi connectivity index (χ0n) is 17.4. The number of nitro groups is 1. The second-order valence-corrected chi connectivity index (χ2v) is 9.14. The molecule has 1 N–H and O–H groups in total. The number of halogens is 1. The van der Waals surface area contributed by atoms with Crippen LogP contribution in [-0.4, -0.2) is 31.5 Å². The molecule has 0 heterocycles. The number of anilines is 1. The molecule has 0 radical (unpaired) electrons. The molecule has 0 aliphatic rings. The first kappa shape index (κ1) is 23.9. The standard InChI is InChI=1S/C22H19ClN4O5S/c1-16(17-7-9-18(23)10-8-17)24-25-22(28)15-26(19-11-13-20(14-12-19)27(29)30)33(31,32)21-5-3-2-4-6-21/h2-14H,15H2,1H3,(H,25,28)/b24-16-. The summed E-state index contributed by atoms with van der Waals surface area (Å²) in [6.07, 6.45) is 0. The van der Waals surface area contributed by atoms with Crippen molar-refractivity contribution in [2.24, 2.45) is 5.10 Å². The van der Waals surface area contributed by atoms with Crippen molar-refractivity contribution in [3.05, 3.63) is 99.6 Å². The molecule has 0 unspecified atom stereocenters.